The average molecular weight is 1040 g/mol. The van der Waals surface area contributed by atoms with Gasteiger partial charge < -0.3 is 46.1 Å². The normalized spacial score (nSPS) is 30.8. The number of hydrogen-bond acceptors (Lipinski definition) is 12. The number of aliphatic carboxylic acids is 5. The highest BCUT2D eigenvalue weighted by Gasteiger charge is 2.37. The van der Waals surface area contributed by atoms with Crippen molar-refractivity contribution in [3.63, 3.8) is 0 Å². The summed E-state index contributed by atoms with van der Waals surface area (Å²) < 4.78 is 262. The largest absolute Gasteiger partial charge is 0.481 e. The van der Waals surface area contributed by atoms with E-state index in [9.17, 15) is 56.7 Å². The van der Waals surface area contributed by atoms with Gasteiger partial charge in [0.15, 0.2) is 0 Å². The number of hydrogen-bond donors (Lipinski definition) is 7. The molecule has 4 aliphatic carbocycles. The Kier molecular flexibility index (Phi) is 13.1. The molecule has 8 N–H and O–H groups in total. The summed E-state index contributed by atoms with van der Waals surface area (Å²) in [7, 11) is 0. The van der Waals surface area contributed by atoms with Gasteiger partial charge in [-0.05, 0) is 83.2 Å². The second-order valence-electron chi connectivity index (χ2n) is 15.1. The van der Waals surface area contributed by atoms with E-state index in [2.05, 4.69) is 0 Å². The van der Waals surface area contributed by atoms with Crippen LogP contribution in [0, 0.1) is 23.6 Å². The van der Waals surface area contributed by atoms with Crippen molar-refractivity contribution in [2.75, 3.05) is 0 Å². The molecule has 0 heterocycles. The van der Waals surface area contributed by atoms with Crippen LogP contribution >= 0.6 is 0 Å². The van der Waals surface area contributed by atoms with Crippen molar-refractivity contribution in [1.29, 1.82) is 0 Å². The number of nitrogens with two attached hydrogens (primary N) is 1. The molecule has 0 radical (unpaired) electrons. The molecule has 4 aliphatic rings. The topological polar surface area (TPSA) is 319 Å². The number of nitrogens with one attached hydrogen (secondary N) is 1. The Morgan fingerprint density at radius 2 is 1.20 bits per heavy atom. The molecule has 394 valence electrons. The van der Waals surface area contributed by atoms with Gasteiger partial charge >= 0.3 is 35.9 Å². The van der Waals surface area contributed by atoms with Crippen LogP contribution in [0.4, 0.5) is 13.6 Å². The lowest BCUT2D eigenvalue weighted by molar-refractivity contribution is -0.146. The smallest absolute Gasteiger partial charge is 0.408 e. The molecule has 0 bridgehead atoms. The number of benzene rings is 2. The summed E-state index contributed by atoms with van der Waals surface area (Å²) in [5.41, 5.74) is 2.38. The average Bonchev–Trinajstić information content (AvgIpc) is 0.672. The van der Waals surface area contributed by atoms with Gasteiger partial charge in [-0.25, -0.2) is 13.6 Å². The van der Waals surface area contributed by atoms with E-state index in [4.69, 9.17) is 78.5 Å². The van der Waals surface area contributed by atoms with Gasteiger partial charge in [-0.1, -0.05) is 60.4 Å². The van der Waals surface area contributed by atoms with Crippen molar-refractivity contribution in [1.82, 2.24) is 5.32 Å². The van der Waals surface area contributed by atoms with Gasteiger partial charge in [0.25, 0.3) is 0 Å². The maximum atomic E-state index is 12.4. The number of alkyl carbamates (subject to hydrolysis) is 1. The molecule has 0 spiro atoms. The van der Waals surface area contributed by atoms with Crippen LogP contribution in [0.2, 0.25) is 0 Å². The highest BCUT2D eigenvalue weighted by molar-refractivity contribution is 5.83. The van der Waals surface area contributed by atoms with Crippen LogP contribution in [0.1, 0.15) is 202 Å². The number of carbonyl (C=O) groups excluding carboxylic acids is 5. The van der Waals surface area contributed by atoms with Crippen molar-refractivity contribution >= 4 is 59.6 Å². The fourth-order valence-corrected chi connectivity index (χ4v) is 5.08. The summed E-state index contributed by atoms with van der Waals surface area (Å²) >= 11 is 0. The maximum absolute atomic E-state index is 12.4. The third kappa shape index (κ3) is 28.7. The summed E-state index contributed by atoms with van der Waals surface area (Å²) in [4.78, 5) is 111. The fourth-order valence-electron chi connectivity index (χ4n) is 5.08. The molecule has 20 heteroatoms. The van der Waals surface area contributed by atoms with Gasteiger partial charge in [-0.2, -0.15) is 0 Å². The van der Waals surface area contributed by atoms with E-state index in [1.807, 2.05) is 0 Å². The lowest BCUT2D eigenvalue weighted by atomic mass is 9.87. The van der Waals surface area contributed by atoms with E-state index >= 15 is 0 Å². The molecule has 4 saturated carbocycles. The van der Waals surface area contributed by atoms with Crippen molar-refractivity contribution < 1.29 is 129 Å². The maximum Gasteiger partial charge on any atom is 0.408 e. The quantitative estimate of drug-likeness (QED) is 0.104. The van der Waals surface area contributed by atoms with Gasteiger partial charge in [0.2, 0.25) is 5.92 Å². The molecular formula is C51H70F2N2O16. The predicted molar refractivity (Wildman–Crippen MR) is 253 cm³/mol. The number of carbonyl (C=O) groups is 10. The number of aldehydes is 1. The number of ketones is 3. The molecule has 6 rings (SSSR count). The first-order valence-electron chi connectivity index (χ1n) is 35.8. The van der Waals surface area contributed by atoms with Crippen LogP contribution in [0.3, 0.4) is 0 Å². The van der Waals surface area contributed by atoms with Crippen molar-refractivity contribution in [2.24, 2.45) is 29.4 Å². The molecule has 0 unspecified atom stereocenters. The second-order valence-corrected chi connectivity index (χ2v) is 15.1. The Morgan fingerprint density at radius 3 is 1.61 bits per heavy atom. The zero-order valence-corrected chi connectivity index (χ0v) is 37.8. The molecule has 0 aromatic heterocycles. The molecule has 0 aliphatic heterocycles. The summed E-state index contributed by atoms with van der Waals surface area (Å²) in [6.07, 6.45) is -30.1. The van der Waals surface area contributed by atoms with Crippen LogP contribution in [0.5, 0.6) is 0 Å². The number of carboxylic acid groups (broad SMARTS) is 5. The molecule has 71 heavy (non-hydrogen) atoms. The van der Waals surface area contributed by atoms with Gasteiger partial charge in [0.05, 0.1) is 52.5 Å². The van der Waals surface area contributed by atoms with Crippen LogP contribution < -0.4 is 11.1 Å². The fraction of sp³-hybridized carbons (Fsp3) is 0.569. The van der Waals surface area contributed by atoms with Gasteiger partial charge in [-0.3, -0.25) is 38.4 Å². The lowest BCUT2D eigenvalue weighted by Crippen LogP contribution is -2.35. The van der Waals surface area contributed by atoms with E-state index in [-0.39, 0.29) is 37.4 Å². The summed E-state index contributed by atoms with van der Waals surface area (Å²) in [5.74, 6) is -20.4. The molecule has 2 atom stereocenters. The van der Waals surface area contributed by atoms with Crippen molar-refractivity contribution in [2.45, 2.75) is 160 Å². The Bertz CT molecular complexity index is 3500. The number of amides is 1. The van der Waals surface area contributed by atoms with E-state index in [1.54, 1.807) is 5.32 Å². The van der Waals surface area contributed by atoms with Crippen LogP contribution in [0.15, 0.2) is 60.4 Å². The van der Waals surface area contributed by atoms with Crippen molar-refractivity contribution in [3.8, 4) is 0 Å². The third-order valence-corrected chi connectivity index (χ3v) is 8.56. The third-order valence-electron chi connectivity index (χ3n) is 8.56. The monoisotopic (exact) mass is 1040 g/mol. The van der Waals surface area contributed by atoms with E-state index in [1.165, 1.54) is 20.8 Å². The first-order chi connectivity index (χ1) is 45.2. The van der Waals surface area contributed by atoms with Crippen LogP contribution in [0.25, 0.3) is 0 Å². The predicted octanol–water partition coefficient (Wildman–Crippen LogP) is 8.39. The van der Waals surface area contributed by atoms with E-state index in [0.29, 0.717) is 25.7 Å². The number of alkyl halides is 2. The molecular weight excluding hydrogens is 935 g/mol. The Hall–Kier alpha value is -6.44. The minimum absolute atomic E-state index is 0.113. The van der Waals surface area contributed by atoms with E-state index in [0.717, 1.165) is 0 Å². The number of ether oxygens (including phenoxy) is 1. The van der Waals surface area contributed by atoms with Crippen LogP contribution in [-0.4, -0.2) is 96.6 Å². The molecule has 18 nitrogen and oxygen atoms in total. The van der Waals surface area contributed by atoms with Gasteiger partial charge in [0, 0.05) is 88.2 Å². The summed E-state index contributed by atoms with van der Waals surface area (Å²) in [6, 6.07) is -15.0. The van der Waals surface area contributed by atoms with Crippen molar-refractivity contribution in [3.05, 3.63) is 71.6 Å². The second kappa shape index (κ2) is 32.4. The number of Topliss-reactive ketones (excluding diaryl/α,β-unsaturated/α-hetero) is 3. The zero-order valence-electron chi connectivity index (χ0n) is 68.8. The Morgan fingerprint density at radius 1 is 0.761 bits per heavy atom. The number of rotatable bonds is 11. The summed E-state index contributed by atoms with van der Waals surface area (Å²) in [5, 5.41) is 45.2. The minimum Gasteiger partial charge on any atom is -0.481 e. The molecule has 1 amide bonds. The summed E-state index contributed by atoms with van der Waals surface area (Å²) in [6.45, 7) is 4.44. The Balaban J connectivity index is 0.000000630. The van der Waals surface area contributed by atoms with Crippen LogP contribution in [-0.2, 0) is 47.9 Å². The number of carboxylic acids is 5. The lowest BCUT2D eigenvalue weighted by Gasteiger charge is -2.25. The number of halogens is 2. The SMILES string of the molecule is O=C(O)C1CCC(F)(F)CC1.O=C1CCC(C(=O)O)CC1.[2H]C(=O)C([2H])([2H])[C@]([2H])(NC(=O)OC(C)(C)C)c1c([2H])c([2H])c([2H])c([2H])c1[2H].[2H]C1([2H])C(=O)C([2H])([2H])C([2H])([2H])C([2H])(C(=O)O)C1([2H])[2H].[2H]C1([2H])CC([2H])(C(=O)O)CC([2H])([2H])C1=O.[2H]c1c([2H])c([2H])c([C@@]([2H])(N)C([2H])([2H])C(=O)O)c([2H])c1[2H]. The molecule has 2 aromatic rings. The van der Waals surface area contributed by atoms with Gasteiger partial charge in [0.1, 0.15) is 30.6 Å². The van der Waals surface area contributed by atoms with Gasteiger partial charge in [-0.15, -0.1) is 0 Å². The highest BCUT2D eigenvalue weighted by atomic mass is 19.3. The minimum atomic E-state index is -3.82. The van der Waals surface area contributed by atoms with E-state index < -0.39 is 230 Å². The highest BCUT2D eigenvalue weighted by Crippen LogP contribution is 2.36. The Labute approximate surface area is 455 Å². The molecule has 0 saturated heterocycles. The first kappa shape index (κ1) is 28.6. The standard InChI is InChI=1S/C14H19NO3.C9H11NO2.C7H10F2O2.3C7H10O3/c1-14(2,3)18-13(17)15-12(9-10-16)11-7-5-4-6-8-11;10-8(6-9(11)12)7-4-2-1-3-5-7;8-7(9)3-1-5(2-4-7)6(10)11;3*8-6-3-1-5(2-4-6)7(9)10/h4-8,10,12H,9H2,1-3H3,(H,15,17);1-5,8H,6,10H2,(H,11,12);5H,1-4H2,(H,10,11);3*5H,1-4H2,(H,9,10)/t12-;8-;;;;/m00..../s1/i4D,5D,6D,7D,8D,9D2,10D,12D;1D,2D,3D,4D,5D,6D2,8D;;1D2,2D2,3D2,4D2,5D;3D2,4D2,5D;. The molecule has 2 aromatic carbocycles. The zero-order chi connectivity index (χ0) is 81.3. The molecule has 4 fully saturated rings. The first-order valence-corrected chi connectivity index (χ1v) is 20.3.